The van der Waals surface area contributed by atoms with Crippen molar-refractivity contribution in [3.63, 3.8) is 0 Å². The highest BCUT2D eigenvalue weighted by Crippen LogP contribution is 2.38. The minimum atomic E-state index is -0.981. The average Bonchev–Trinajstić information content (AvgIpc) is 2.77. The summed E-state index contributed by atoms with van der Waals surface area (Å²) in [7, 11) is 1.53. The maximum Gasteiger partial charge on any atom is 0.163 e. The molecule has 0 bridgehead atoms. The summed E-state index contributed by atoms with van der Waals surface area (Å²) in [5.74, 6) is 2.08. The fraction of sp³-hybridized carbons (Fsp3) is 0.227. The van der Waals surface area contributed by atoms with Crippen LogP contribution in [0.2, 0.25) is 0 Å². The number of fused-ring (bicyclic) bond motifs is 2. The van der Waals surface area contributed by atoms with Gasteiger partial charge in [-0.15, -0.1) is 0 Å². The molecule has 0 aliphatic heterocycles. The minimum absolute atomic E-state index is 0.0649. The summed E-state index contributed by atoms with van der Waals surface area (Å²) in [5, 5.41) is 20.1. The van der Waals surface area contributed by atoms with Gasteiger partial charge in [-0.1, -0.05) is 0 Å². The van der Waals surface area contributed by atoms with Crippen LogP contribution in [0.25, 0.3) is 21.8 Å². The number of aromatic nitrogens is 3. The SMILES string of the molecule is COc1cc2c(Oc3cc4cnccc4nc3C)ccnc2cc1OCC(O)CO. The van der Waals surface area contributed by atoms with Gasteiger partial charge >= 0.3 is 0 Å². The van der Waals surface area contributed by atoms with E-state index in [-0.39, 0.29) is 13.2 Å². The predicted octanol–water partition coefficient (Wildman–Crippen LogP) is 3.02. The van der Waals surface area contributed by atoms with Crippen LogP contribution < -0.4 is 14.2 Å². The number of ether oxygens (including phenoxy) is 3. The number of nitrogens with zero attached hydrogens (tertiary/aromatic N) is 3. The van der Waals surface area contributed by atoms with Crippen LogP contribution in [0, 0.1) is 6.92 Å². The maximum absolute atomic E-state index is 9.54. The van der Waals surface area contributed by atoms with Crippen LogP contribution in [0.1, 0.15) is 5.69 Å². The van der Waals surface area contributed by atoms with E-state index in [1.165, 1.54) is 7.11 Å². The Bertz CT molecular complexity index is 1200. The molecule has 0 radical (unpaired) electrons. The molecule has 4 aromatic rings. The molecule has 0 amide bonds. The third kappa shape index (κ3) is 3.96. The first-order valence-electron chi connectivity index (χ1n) is 9.36. The zero-order valence-electron chi connectivity index (χ0n) is 16.6. The van der Waals surface area contributed by atoms with Gasteiger partial charge in [-0.25, -0.2) is 4.98 Å². The Kier molecular flexibility index (Phi) is 5.60. The average molecular weight is 407 g/mol. The molecule has 30 heavy (non-hydrogen) atoms. The van der Waals surface area contributed by atoms with Crippen molar-refractivity contribution in [2.45, 2.75) is 13.0 Å². The Morgan fingerprint density at radius 3 is 2.67 bits per heavy atom. The van der Waals surface area contributed by atoms with Gasteiger partial charge in [0.1, 0.15) is 24.2 Å². The molecular formula is C22H21N3O5. The quantitative estimate of drug-likeness (QED) is 0.481. The first-order chi connectivity index (χ1) is 14.6. The number of aliphatic hydroxyl groups excluding tert-OH is 2. The van der Waals surface area contributed by atoms with E-state index in [0.717, 1.165) is 22.0 Å². The van der Waals surface area contributed by atoms with Crippen molar-refractivity contribution in [3.05, 3.63) is 54.6 Å². The van der Waals surface area contributed by atoms with Gasteiger partial charge in [0.25, 0.3) is 0 Å². The first-order valence-corrected chi connectivity index (χ1v) is 9.36. The van der Waals surface area contributed by atoms with Gasteiger partial charge < -0.3 is 24.4 Å². The van der Waals surface area contributed by atoms with Crippen molar-refractivity contribution in [2.24, 2.45) is 0 Å². The lowest BCUT2D eigenvalue weighted by Crippen LogP contribution is -2.21. The highest BCUT2D eigenvalue weighted by molar-refractivity contribution is 5.88. The smallest absolute Gasteiger partial charge is 0.163 e. The zero-order chi connectivity index (χ0) is 21.1. The molecule has 8 heteroatoms. The number of pyridine rings is 3. The number of hydrogen-bond donors (Lipinski definition) is 2. The van der Waals surface area contributed by atoms with Gasteiger partial charge in [0.05, 0.1) is 30.4 Å². The molecule has 0 fully saturated rings. The normalized spacial score (nSPS) is 12.1. The second-order valence-corrected chi connectivity index (χ2v) is 6.72. The lowest BCUT2D eigenvalue weighted by atomic mass is 10.1. The van der Waals surface area contributed by atoms with Gasteiger partial charge in [-0.2, -0.15) is 0 Å². The second-order valence-electron chi connectivity index (χ2n) is 6.72. The molecule has 4 rings (SSSR count). The van der Waals surface area contributed by atoms with Crippen molar-refractivity contribution in [1.82, 2.24) is 15.0 Å². The molecule has 0 spiro atoms. The van der Waals surface area contributed by atoms with Gasteiger partial charge in [-0.3, -0.25) is 9.97 Å². The first kappa shape index (κ1) is 19.8. The fourth-order valence-electron chi connectivity index (χ4n) is 3.04. The van der Waals surface area contributed by atoms with E-state index in [1.54, 1.807) is 36.8 Å². The molecule has 0 saturated carbocycles. The van der Waals surface area contributed by atoms with E-state index < -0.39 is 6.10 Å². The molecule has 3 heterocycles. The Labute approximate surface area is 172 Å². The summed E-state index contributed by atoms with van der Waals surface area (Å²) in [6, 6.07) is 9.00. The van der Waals surface area contributed by atoms with E-state index in [9.17, 15) is 5.11 Å². The van der Waals surface area contributed by atoms with Crippen molar-refractivity contribution in [1.29, 1.82) is 0 Å². The van der Waals surface area contributed by atoms with E-state index in [1.807, 2.05) is 19.1 Å². The van der Waals surface area contributed by atoms with Crippen LogP contribution in [0.3, 0.4) is 0 Å². The summed E-state index contributed by atoms with van der Waals surface area (Å²) in [5.41, 5.74) is 2.24. The number of aliphatic hydroxyl groups is 2. The molecule has 0 aliphatic rings. The third-order valence-corrected chi connectivity index (χ3v) is 4.61. The molecule has 1 aromatic carbocycles. The summed E-state index contributed by atoms with van der Waals surface area (Å²) < 4.78 is 17.2. The van der Waals surface area contributed by atoms with E-state index in [4.69, 9.17) is 19.3 Å². The summed E-state index contributed by atoms with van der Waals surface area (Å²) in [6.45, 7) is 1.43. The fourth-order valence-corrected chi connectivity index (χ4v) is 3.04. The molecule has 154 valence electrons. The lowest BCUT2D eigenvalue weighted by molar-refractivity contribution is 0.0528. The van der Waals surface area contributed by atoms with Gasteiger partial charge in [0.2, 0.25) is 0 Å². The number of benzene rings is 1. The highest BCUT2D eigenvalue weighted by Gasteiger charge is 2.14. The number of hydrogen-bond acceptors (Lipinski definition) is 8. The van der Waals surface area contributed by atoms with E-state index in [0.29, 0.717) is 28.5 Å². The highest BCUT2D eigenvalue weighted by atomic mass is 16.5. The van der Waals surface area contributed by atoms with Crippen LogP contribution >= 0.6 is 0 Å². The second kappa shape index (κ2) is 8.48. The van der Waals surface area contributed by atoms with Crippen LogP contribution in [0.4, 0.5) is 0 Å². The minimum Gasteiger partial charge on any atom is -0.493 e. The Hall–Kier alpha value is -3.49. The van der Waals surface area contributed by atoms with Crippen LogP contribution in [-0.2, 0) is 0 Å². The summed E-state index contributed by atoms with van der Waals surface area (Å²) in [6.07, 6.45) is 4.11. The molecule has 8 nitrogen and oxygen atoms in total. The maximum atomic E-state index is 9.54. The zero-order valence-corrected chi connectivity index (χ0v) is 16.6. The van der Waals surface area contributed by atoms with Crippen molar-refractivity contribution in [2.75, 3.05) is 20.3 Å². The predicted molar refractivity (Wildman–Crippen MR) is 111 cm³/mol. The number of methoxy groups -OCH3 is 1. The third-order valence-electron chi connectivity index (χ3n) is 4.61. The van der Waals surface area contributed by atoms with Crippen molar-refractivity contribution >= 4 is 21.8 Å². The van der Waals surface area contributed by atoms with E-state index >= 15 is 0 Å². The number of aryl methyl sites for hydroxylation is 1. The van der Waals surface area contributed by atoms with Gasteiger partial charge in [0, 0.05) is 35.4 Å². The Morgan fingerprint density at radius 2 is 1.87 bits per heavy atom. The molecule has 1 atom stereocenters. The summed E-state index contributed by atoms with van der Waals surface area (Å²) >= 11 is 0. The topological polar surface area (TPSA) is 107 Å². The molecule has 1 unspecified atom stereocenters. The van der Waals surface area contributed by atoms with Gasteiger partial charge in [-0.05, 0) is 31.2 Å². The van der Waals surface area contributed by atoms with Crippen molar-refractivity contribution < 1.29 is 24.4 Å². The molecule has 3 aromatic heterocycles. The lowest BCUT2D eigenvalue weighted by Gasteiger charge is -2.15. The van der Waals surface area contributed by atoms with Crippen molar-refractivity contribution in [3.8, 4) is 23.0 Å². The monoisotopic (exact) mass is 407 g/mol. The standard InChI is InChI=1S/C22H21N3O5/c1-13-20(7-14-10-23-5-3-17(14)25-13)30-19-4-6-24-18-9-22(29-12-15(27)11-26)21(28-2)8-16(18)19/h3-10,15,26-27H,11-12H2,1-2H3. The Morgan fingerprint density at radius 1 is 1.00 bits per heavy atom. The van der Waals surface area contributed by atoms with Crippen LogP contribution in [0.5, 0.6) is 23.0 Å². The van der Waals surface area contributed by atoms with Gasteiger partial charge in [0.15, 0.2) is 11.5 Å². The van der Waals surface area contributed by atoms with Crippen LogP contribution in [0.15, 0.2) is 48.9 Å². The molecule has 0 aliphatic carbocycles. The number of rotatable bonds is 7. The Balaban J connectivity index is 1.72. The molecular weight excluding hydrogens is 386 g/mol. The largest absolute Gasteiger partial charge is 0.493 e. The van der Waals surface area contributed by atoms with E-state index in [2.05, 4.69) is 15.0 Å². The summed E-state index contributed by atoms with van der Waals surface area (Å²) in [4.78, 5) is 13.1. The molecule has 2 N–H and O–H groups in total. The van der Waals surface area contributed by atoms with Crippen LogP contribution in [-0.4, -0.2) is 51.6 Å². The molecule has 0 saturated heterocycles.